The first-order valence-electron chi connectivity index (χ1n) is 7.76. The average molecular weight is 377 g/mol. The first-order chi connectivity index (χ1) is 12.1. The van der Waals surface area contributed by atoms with Gasteiger partial charge in [0, 0.05) is 6.07 Å². The number of benzene rings is 1. The topological polar surface area (TPSA) is 53.5 Å². The van der Waals surface area contributed by atoms with E-state index in [0.29, 0.717) is 0 Å². The summed E-state index contributed by atoms with van der Waals surface area (Å²) in [5, 5.41) is 0.0442. The highest BCUT2D eigenvalue weighted by Gasteiger charge is 2.20. The van der Waals surface area contributed by atoms with Crippen molar-refractivity contribution in [3.8, 4) is 17.2 Å². The average Bonchev–Trinajstić information content (AvgIpc) is 2.66. The Balaban J connectivity index is 0.00000134. The summed E-state index contributed by atoms with van der Waals surface area (Å²) in [5.41, 5.74) is -0.318. The van der Waals surface area contributed by atoms with Crippen LogP contribution in [0.3, 0.4) is 0 Å². The monoisotopic (exact) mass is 376 g/mol. The van der Waals surface area contributed by atoms with Crippen LogP contribution in [0.1, 0.15) is 33.3 Å². The molecule has 0 saturated carbocycles. The summed E-state index contributed by atoms with van der Waals surface area (Å²) in [5.74, 6) is -1.77. The number of ether oxygens (including phenoxy) is 3. The zero-order valence-electron chi connectivity index (χ0n) is 15.2. The Hall–Kier alpha value is -2.15. The third kappa shape index (κ3) is 6.34. The van der Waals surface area contributed by atoms with Gasteiger partial charge in [-0.15, -0.1) is 0 Å². The normalized spacial score (nSPS) is 9.16. The van der Waals surface area contributed by atoms with Gasteiger partial charge in [-0.1, -0.05) is 27.7 Å². The molecule has 8 heteroatoms. The molecule has 25 heavy (non-hydrogen) atoms. The van der Waals surface area contributed by atoms with Gasteiger partial charge in [0.2, 0.25) is 5.28 Å². The van der Waals surface area contributed by atoms with E-state index in [1.165, 1.54) is 26.6 Å². The molecule has 1 heterocycles. The van der Waals surface area contributed by atoms with E-state index in [9.17, 15) is 8.78 Å². The van der Waals surface area contributed by atoms with Crippen molar-refractivity contribution in [2.24, 2.45) is 0 Å². The first kappa shape index (κ1) is 22.9. The van der Waals surface area contributed by atoms with Crippen molar-refractivity contribution in [3.05, 3.63) is 40.9 Å². The van der Waals surface area contributed by atoms with Crippen molar-refractivity contribution in [1.29, 1.82) is 0 Å². The molecule has 0 bridgehead atoms. The highest BCUT2D eigenvalue weighted by molar-refractivity contribution is 6.28. The van der Waals surface area contributed by atoms with Crippen LogP contribution >= 0.6 is 11.6 Å². The van der Waals surface area contributed by atoms with Crippen molar-refractivity contribution in [1.82, 2.24) is 9.97 Å². The molecule has 0 spiro atoms. The van der Waals surface area contributed by atoms with Gasteiger partial charge in [-0.25, -0.2) is 18.7 Å². The number of hydrogen-bond donors (Lipinski definition) is 0. The van der Waals surface area contributed by atoms with Gasteiger partial charge in [0.15, 0.2) is 28.9 Å². The predicted octanol–water partition coefficient (Wildman–Crippen LogP) is 5.06. The summed E-state index contributed by atoms with van der Waals surface area (Å²) < 4.78 is 43.0. The van der Waals surface area contributed by atoms with Crippen LogP contribution in [0.2, 0.25) is 5.28 Å². The van der Waals surface area contributed by atoms with Crippen LogP contribution in [0.25, 0.3) is 0 Å². The highest BCUT2D eigenvalue weighted by Crippen LogP contribution is 2.31. The Morgan fingerprint density at radius 2 is 1.36 bits per heavy atom. The van der Waals surface area contributed by atoms with Crippen molar-refractivity contribution in [2.45, 2.75) is 34.3 Å². The Labute approximate surface area is 151 Å². The molecule has 0 aliphatic rings. The maximum atomic E-state index is 14.1. The Kier molecular flexibility index (Phi) is 11.2. The van der Waals surface area contributed by atoms with E-state index in [0.717, 1.165) is 6.07 Å². The Bertz CT molecular complexity index is 613. The fraction of sp³-hybridized carbons (Fsp3) is 0.412. The standard InChI is InChI=1S/C13H11ClF2N2O3.2C2H6/c1-19-9-3-10(20-2)12(16)8(11(9)15)6-21-7-4-17-13(14)18-5-7;2*1-2/h3-5H,6H2,1-2H3;2*1-2H3. The van der Waals surface area contributed by atoms with E-state index in [2.05, 4.69) is 9.97 Å². The number of nitrogens with zero attached hydrogens (tertiary/aromatic N) is 2. The van der Waals surface area contributed by atoms with E-state index in [1.807, 2.05) is 27.7 Å². The second kappa shape index (κ2) is 12.2. The first-order valence-corrected chi connectivity index (χ1v) is 8.13. The Morgan fingerprint density at radius 3 is 1.76 bits per heavy atom. The molecule has 0 N–H and O–H groups in total. The quantitative estimate of drug-likeness (QED) is 0.683. The van der Waals surface area contributed by atoms with Crippen molar-refractivity contribution in [2.75, 3.05) is 14.2 Å². The minimum absolute atomic E-state index is 0.0442. The molecule has 140 valence electrons. The summed E-state index contributed by atoms with van der Waals surface area (Å²) in [7, 11) is 2.54. The summed E-state index contributed by atoms with van der Waals surface area (Å²) in [6.45, 7) is 7.62. The molecule has 0 saturated heterocycles. The van der Waals surface area contributed by atoms with E-state index >= 15 is 0 Å². The second-order valence-electron chi connectivity index (χ2n) is 3.86. The number of aromatic nitrogens is 2. The lowest BCUT2D eigenvalue weighted by Gasteiger charge is -2.13. The van der Waals surface area contributed by atoms with Gasteiger partial charge < -0.3 is 14.2 Å². The van der Waals surface area contributed by atoms with Crippen molar-refractivity contribution < 1.29 is 23.0 Å². The summed E-state index contributed by atoms with van der Waals surface area (Å²) >= 11 is 5.53. The molecule has 2 rings (SSSR count). The SMILES string of the molecule is CC.CC.COc1cc(OC)c(F)c(COc2cnc(Cl)nc2)c1F. The summed E-state index contributed by atoms with van der Waals surface area (Å²) in [4.78, 5) is 7.39. The molecule has 0 fully saturated rings. The molecule has 2 aromatic rings. The second-order valence-corrected chi connectivity index (χ2v) is 4.20. The third-order valence-electron chi connectivity index (χ3n) is 2.64. The summed E-state index contributed by atoms with van der Waals surface area (Å²) in [6.07, 6.45) is 2.59. The third-order valence-corrected chi connectivity index (χ3v) is 2.84. The maximum absolute atomic E-state index is 14.1. The fourth-order valence-electron chi connectivity index (χ4n) is 1.59. The van der Waals surface area contributed by atoms with E-state index in [4.69, 9.17) is 25.8 Å². The lowest BCUT2D eigenvalue weighted by atomic mass is 10.1. The molecule has 0 atom stereocenters. The van der Waals surface area contributed by atoms with Gasteiger partial charge in [-0.05, 0) is 11.6 Å². The van der Waals surface area contributed by atoms with E-state index in [-0.39, 0.29) is 34.7 Å². The largest absolute Gasteiger partial charge is 0.494 e. The summed E-state index contributed by atoms with van der Waals surface area (Å²) in [6, 6.07) is 1.12. The van der Waals surface area contributed by atoms with Gasteiger partial charge in [-0.3, -0.25) is 0 Å². The minimum Gasteiger partial charge on any atom is -0.494 e. The number of methoxy groups -OCH3 is 2. The molecule has 0 aliphatic heterocycles. The maximum Gasteiger partial charge on any atom is 0.222 e. The number of rotatable bonds is 5. The van der Waals surface area contributed by atoms with Crippen LogP contribution in [0.5, 0.6) is 17.2 Å². The molecule has 0 unspecified atom stereocenters. The van der Waals surface area contributed by atoms with Gasteiger partial charge >= 0.3 is 0 Å². The van der Waals surface area contributed by atoms with Crippen LogP contribution in [0.15, 0.2) is 18.5 Å². The molecular weight excluding hydrogens is 354 g/mol. The van der Waals surface area contributed by atoms with Gasteiger partial charge in [0.05, 0.1) is 32.2 Å². The Morgan fingerprint density at radius 1 is 0.920 bits per heavy atom. The van der Waals surface area contributed by atoms with E-state index < -0.39 is 11.6 Å². The molecule has 1 aromatic carbocycles. The van der Waals surface area contributed by atoms with Gasteiger partial charge in [0.1, 0.15) is 6.61 Å². The van der Waals surface area contributed by atoms with Crippen molar-refractivity contribution >= 4 is 11.6 Å². The van der Waals surface area contributed by atoms with Crippen LogP contribution in [-0.4, -0.2) is 24.2 Å². The molecule has 0 amide bonds. The van der Waals surface area contributed by atoms with E-state index in [1.54, 1.807) is 0 Å². The zero-order valence-corrected chi connectivity index (χ0v) is 15.9. The highest BCUT2D eigenvalue weighted by atomic mass is 35.5. The predicted molar refractivity (Wildman–Crippen MR) is 93.5 cm³/mol. The smallest absolute Gasteiger partial charge is 0.222 e. The van der Waals surface area contributed by atoms with Crippen LogP contribution in [0.4, 0.5) is 8.78 Å². The van der Waals surface area contributed by atoms with Crippen molar-refractivity contribution in [3.63, 3.8) is 0 Å². The fourth-order valence-corrected chi connectivity index (χ4v) is 1.69. The molecule has 5 nitrogen and oxygen atoms in total. The van der Waals surface area contributed by atoms with Gasteiger partial charge in [-0.2, -0.15) is 0 Å². The minimum atomic E-state index is -0.856. The van der Waals surface area contributed by atoms with Gasteiger partial charge in [0.25, 0.3) is 0 Å². The molecule has 1 aromatic heterocycles. The zero-order chi connectivity index (χ0) is 19.4. The molecular formula is C17H23ClF2N2O3. The number of hydrogen-bond acceptors (Lipinski definition) is 5. The molecule has 0 radical (unpaired) electrons. The number of halogens is 3. The van der Waals surface area contributed by atoms with Crippen LogP contribution in [-0.2, 0) is 6.61 Å². The van der Waals surface area contributed by atoms with Crippen LogP contribution in [0, 0.1) is 11.6 Å². The lowest BCUT2D eigenvalue weighted by molar-refractivity contribution is 0.280. The molecule has 0 aliphatic carbocycles. The lowest BCUT2D eigenvalue weighted by Crippen LogP contribution is -2.06. The van der Waals surface area contributed by atoms with Crippen LogP contribution < -0.4 is 14.2 Å².